The standard InChI is InChI=1S/C19H22FN3O/c20-18-9-5-4-6-16(18)14-22-10-12-23(13-11-22)15-19(24)21-17-7-2-1-3-8-17/h1-9H,10-15H2,(H,21,24). The summed E-state index contributed by atoms with van der Waals surface area (Å²) in [5.41, 5.74) is 1.55. The Balaban J connectivity index is 1.43. The number of anilines is 1. The highest BCUT2D eigenvalue weighted by atomic mass is 19.1. The molecule has 5 heteroatoms. The van der Waals surface area contributed by atoms with E-state index in [0.717, 1.165) is 37.4 Å². The Labute approximate surface area is 141 Å². The van der Waals surface area contributed by atoms with Gasteiger partial charge >= 0.3 is 0 Å². The molecule has 1 heterocycles. The summed E-state index contributed by atoms with van der Waals surface area (Å²) < 4.78 is 13.7. The van der Waals surface area contributed by atoms with Crippen molar-refractivity contribution >= 4 is 11.6 Å². The Morgan fingerprint density at radius 1 is 0.917 bits per heavy atom. The van der Waals surface area contributed by atoms with Crippen molar-refractivity contribution in [3.8, 4) is 0 Å². The summed E-state index contributed by atoms with van der Waals surface area (Å²) in [6.45, 7) is 4.33. The van der Waals surface area contributed by atoms with E-state index in [9.17, 15) is 9.18 Å². The molecule has 1 aliphatic rings. The normalized spacial score (nSPS) is 16.0. The van der Waals surface area contributed by atoms with Gasteiger partial charge in [-0.1, -0.05) is 36.4 Å². The van der Waals surface area contributed by atoms with Gasteiger partial charge in [-0.2, -0.15) is 0 Å². The van der Waals surface area contributed by atoms with Crippen LogP contribution >= 0.6 is 0 Å². The molecule has 2 aromatic rings. The number of piperazine rings is 1. The van der Waals surface area contributed by atoms with Crippen LogP contribution in [0.15, 0.2) is 54.6 Å². The number of amides is 1. The van der Waals surface area contributed by atoms with Crippen LogP contribution < -0.4 is 5.32 Å². The Morgan fingerprint density at radius 3 is 2.25 bits per heavy atom. The number of carbonyl (C=O) groups is 1. The number of benzene rings is 2. The number of nitrogens with zero attached hydrogens (tertiary/aromatic N) is 2. The van der Waals surface area contributed by atoms with Gasteiger partial charge in [0, 0.05) is 44.0 Å². The zero-order valence-corrected chi connectivity index (χ0v) is 13.6. The molecule has 0 saturated carbocycles. The SMILES string of the molecule is O=C(CN1CCN(Cc2ccccc2F)CC1)Nc1ccccc1. The van der Waals surface area contributed by atoms with Crippen molar-refractivity contribution in [1.82, 2.24) is 9.80 Å². The quantitative estimate of drug-likeness (QED) is 0.917. The Bertz CT molecular complexity index is 669. The van der Waals surface area contributed by atoms with Crippen molar-refractivity contribution < 1.29 is 9.18 Å². The average molecular weight is 327 g/mol. The van der Waals surface area contributed by atoms with Gasteiger partial charge in [-0.05, 0) is 18.2 Å². The lowest BCUT2D eigenvalue weighted by molar-refractivity contribution is -0.117. The molecule has 1 saturated heterocycles. The van der Waals surface area contributed by atoms with E-state index in [1.807, 2.05) is 42.5 Å². The smallest absolute Gasteiger partial charge is 0.238 e. The van der Waals surface area contributed by atoms with Crippen LogP contribution in [0.3, 0.4) is 0 Å². The largest absolute Gasteiger partial charge is 0.325 e. The van der Waals surface area contributed by atoms with Crippen LogP contribution in [0.2, 0.25) is 0 Å². The Hall–Kier alpha value is -2.24. The molecule has 24 heavy (non-hydrogen) atoms. The summed E-state index contributed by atoms with van der Waals surface area (Å²) >= 11 is 0. The van der Waals surface area contributed by atoms with Crippen molar-refractivity contribution in [2.45, 2.75) is 6.54 Å². The Kier molecular flexibility index (Phi) is 5.56. The van der Waals surface area contributed by atoms with Crippen molar-refractivity contribution in [2.24, 2.45) is 0 Å². The van der Waals surface area contributed by atoms with Crippen LogP contribution in [-0.4, -0.2) is 48.4 Å². The summed E-state index contributed by atoms with van der Waals surface area (Å²) in [5, 5.41) is 2.90. The first-order valence-electron chi connectivity index (χ1n) is 8.24. The maximum absolute atomic E-state index is 13.7. The highest BCUT2D eigenvalue weighted by Gasteiger charge is 2.19. The van der Waals surface area contributed by atoms with Gasteiger partial charge in [-0.15, -0.1) is 0 Å². The number of rotatable bonds is 5. The van der Waals surface area contributed by atoms with Crippen molar-refractivity contribution in [3.05, 3.63) is 66.0 Å². The summed E-state index contributed by atoms with van der Waals surface area (Å²) in [6, 6.07) is 16.4. The van der Waals surface area contributed by atoms with E-state index >= 15 is 0 Å². The highest BCUT2D eigenvalue weighted by molar-refractivity contribution is 5.92. The minimum Gasteiger partial charge on any atom is -0.325 e. The number of para-hydroxylation sites is 1. The lowest BCUT2D eigenvalue weighted by atomic mass is 10.2. The summed E-state index contributed by atoms with van der Waals surface area (Å²) in [6.07, 6.45) is 0. The van der Waals surface area contributed by atoms with E-state index in [1.165, 1.54) is 6.07 Å². The van der Waals surface area contributed by atoms with Gasteiger partial charge in [0.2, 0.25) is 5.91 Å². The molecule has 1 amide bonds. The molecule has 126 valence electrons. The van der Waals surface area contributed by atoms with Gasteiger partial charge in [0.1, 0.15) is 5.82 Å². The lowest BCUT2D eigenvalue weighted by Gasteiger charge is -2.34. The van der Waals surface area contributed by atoms with Crippen molar-refractivity contribution in [1.29, 1.82) is 0 Å². The van der Waals surface area contributed by atoms with E-state index < -0.39 is 0 Å². The molecule has 1 fully saturated rings. The molecule has 0 bridgehead atoms. The van der Waals surface area contributed by atoms with E-state index in [-0.39, 0.29) is 11.7 Å². The molecule has 0 aliphatic carbocycles. The van der Waals surface area contributed by atoms with E-state index in [2.05, 4.69) is 15.1 Å². The van der Waals surface area contributed by atoms with Crippen LogP contribution in [0.4, 0.5) is 10.1 Å². The molecule has 0 radical (unpaired) electrons. The Morgan fingerprint density at radius 2 is 1.54 bits per heavy atom. The van der Waals surface area contributed by atoms with E-state index in [0.29, 0.717) is 13.1 Å². The predicted molar refractivity (Wildman–Crippen MR) is 93.2 cm³/mol. The molecular formula is C19H22FN3O. The van der Waals surface area contributed by atoms with Crippen LogP contribution in [-0.2, 0) is 11.3 Å². The van der Waals surface area contributed by atoms with Gasteiger partial charge in [0.15, 0.2) is 0 Å². The maximum atomic E-state index is 13.7. The first kappa shape index (κ1) is 16.6. The second-order valence-corrected chi connectivity index (χ2v) is 6.06. The molecule has 4 nitrogen and oxygen atoms in total. The minimum atomic E-state index is -0.151. The van der Waals surface area contributed by atoms with Crippen LogP contribution in [0.5, 0.6) is 0 Å². The third kappa shape index (κ3) is 4.63. The van der Waals surface area contributed by atoms with Gasteiger partial charge in [0.05, 0.1) is 6.54 Å². The monoisotopic (exact) mass is 327 g/mol. The van der Waals surface area contributed by atoms with Crippen molar-refractivity contribution in [2.75, 3.05) is 38.0 Å². The summed E-state index contributed by atoms with van der Waals surface area (Å²) in [7, 11) is 0. The summed E-state index contributed by atoms with van der Waals surface area (Å²) in [5.74, 6) is -0.147. The van der Waals surface area contributed by atoms with Crippen LogP contribution in [0, 0.1) is 5.82 Å². The number of hydrogen-bond donors (Lipinski definition) is 1. The maximum Gasteiger partial charge on any atom is 0.238 e. The zero-order chi connectivity index (χ0) is 16.8. The van der Waals surface area contributed by atoms with Gasteiger partial charge in [0.25, 0.3) is 0 Å². The van der Waals surface area contributed by atoms with Gasteiger partial charge in [-0.3, -0.25) is 14.6 Å². The first-order chi connectivity index (χ1) is 11.7. The predicted octanol–water partition coefficient (Wildman–Crippen LogP) is 2.58. The molecular weight excluding hydrogens is 305 g/mol. The van der Waals surface area contributed by atoms with E-state index in [1.54, 1.807) is 6.07 Å². The topological polar surface area (TPSA) is 35.6 Å². The molecule has 1 N–H and O–H groups in total. The third-order valence-corrected chi connectivity index (χ3v) is 4.24. The van der Waals surface area contributed by atoms with Crippen LogP contribution in [0.1, 0.15) is 5.56 Å². The average Bonchev–Trinajstić information content (AvgIpc) is 2.59. The fraction of sp³-hybridized carbons (Fsp3) is 0.316. The number of nitrogens with one attached hydrogen (secondary N) is 1. The molecule has 3 rings (SSSR count). The fourth-order valence-corrected chi connectivity index (χ4v) is 2.90. The molecule has 1 aliphatic heterocycles. The van der Waals surface area contributed by atoms with Gasteiger partial charge in [-0.25, -0.2) is 4.39 Å². The second kappa shape index (κ2) is 8.04. The molecule has 0 atom stereocenters. The fourth-order valence-electron chi connectivity index (χ4n) is 2.90. The number of carbonyl (C=O) groups excluding carboxylic acids is 1. The van der Waals surface area contributed by atoms with E-state index in [4.69, 9.17) is 0 Å². The van der Waals surface area contributed by atoms with Gasteiger partial charge < -0.3 is 5.32 Å². The molecule has 2 aromatic carbocycles. The second-order valence-electron chi connectivity index (χ2n) is 6.06. The lowest BCUT2D eigenvalue weighted by Crippen LogP contribution is -2.48. The van der Waals surface area contributed by atoms with Crippen LogP contribution in [0.25, 0.3) is 0 Å². The first-order valence-corrected chi connectivity index (χ1v) is 8.24. The summed E-state index contributed by atoms with van der Waals surface area (Å²) in [4.78, 5) is 16.4. The number of halogens is 1. The molecule has 0 unspecified atom stereocenters. The molecule has 0 aromatic heterocycles. The molecule has 0 spiro atoms. The third-order valence-electron chi connectivity index (χ3n) is 4.24. The number of hydrogen-bond acceptors (Lipinski definition) is 3. The zero-order valence-electron chi connectivity index (χ0n) is 13.6. The minimum absolute atomic E-state index is 0.00348. The van der Waals surface area contributed by atoms with Crippen molar-refractivity contribution in [3.63, 3.8) is 0 Å². The highest BCUT2D eigenvalue weighted by Crippen LogP contribution is 2.12.